The lowest BCUT2D eigenvalue weighted by Crippen LogP contribution is -2.47. The number of rotatable bonds is 5. The van der Waals surface area contributed by atoms with Crippen molar-refractivity contribution in [2.45, 2.75) is 33.7 Å². The molecule has 100 valence electrons. The van der Waals surface area contributed by atoms with Crippen LogP contribution < -0.4 is 11.1 Å². The molecule has 1 heterocycles. The summed E-state index contributed by atoms with van der Waals surface area (Å²) in [6, 6.07) is 0. The first-order valence-electron chi connectivity index (χ1n) is 5.49. The van der Waals surface area contributed by atoms with Crippen molar-refractivity contribution >= 4 is 11.7 Å². The largest absolute Gasteiger partial charge is 0.409 e. The van der Waals surface area contributed by atoms with E-state index >= 15 is 0 Å². The third-order valence-corrected chi connectivity index (χ3v) is 2.86. The summed E-state index contributed by atoms with van der Waals surface area (Å²) in [6.45, 7) is 5.16. The summed E-state index contributed by atoms with van der Waals surface area (Å²) in [5, 5.41) is 17.8. The molecule has 1 aromatic heterocycles. The summed E-state index contributed by atoms with van der Waals surface area (Å²) >= 11 is 0. The van der Waals surface area contributed by atoms with Crippen molar-refractivity contribution in [2.75, 3.05) is 0 Å². The molecule has 4 N–H and O–H groups in total. The molecule has 0 bridgehead atoms. The Labute approximate surface area is 104 Å². The number of carbonyl (C=O) groups is 1. The lowest BCUT2D eigenvalue weighted by atomic mass is 9.85. The van der Waals surface area contributed by atoms with Gasteiger partial charge in [-0.15, -0.1) is 0 Å². The molecule has 1 amide bonds. The van der Waals surface area contributed by atoms with E-state index in [4.69, 9.17) is 15.5 Å². The van der Waals surface area contributed by atoms with E-state index in [1.54, 1.807) is 20.8 Å². The van der Waals surface area contributed by atoms with E-state index in [0.29, 0.717) is 18.1 Å². The van der Waals surface area contributed by atoms with Gasteiger partial charge in [0.25, 0.3) is 0 Å². The molecule has 0 saturated heterocycles. The number of oxime groups is 1. The lowest BCUT2D eigenvalue weighted by Gasteiger charge is -2.24. The van der Waals surface area contributed by atoms with Crippen LogP contribution in [0.25, 0.3) is 0 Å². The van der Waals surface area contributed by atoms with E-state index in [1.165, 1.54) is 0 Å². The topological polar surface area (TPSA) is 127 Å². The fraction of sp³-hybridized carbons (Fsp3) is 0.600. The second-order valence-electron chi connectivity index (χ2n) is 4.08. The Morgan fingerprint density at radius 3 is 2.78 bits per heavy atom. The number of amides is 1. The van der Waals surface area contributed by atoms with Crippen molar-refractivity contribution in [3.8, 4) is 0 Å². The predicted octanol–water partition coefficient (Wildman–Crippen LogP) is 0.157. The lowest BCUT2D eigenvalue weighted by molar-refractivity contribution is -0.127. The van der Waals surface area contributed by atoms with Gasteiger partial charge < -0.3 is 20.8 Å². The first kappa shape index (κ1) is 13.9. The van der Waals surface area contributed by atoms with Gasteiger partial charge in [-0.05, 0) is 13.3 Å². The summed E-state index contributed by atoms with van der Waals surface area (Å²) < 4.78 is 4.78. The highest BCUT2D eigenvalue weighted by molar-refractivity contribution is 6.06. The van der Waals surface area contributed by atoms with Crippen LogP contribution in [-0.4, -0.2) is 27.1 Å². The summed E-state index contributed by atoms with van der Waals surface area (Å²) in [5.74, 6) is 0.308. The monoisotopic (exact) mass is 255 g/mol. The van der Waals surface area contributed by atoms with Gasteiger partial charge >= 0.3 is 0 Å². The number of amidine groups is 1. The third-order valence-electron chi connectivity index (χ3n) is 2.86. The molecule has 8 heteroatoms. The van der Waals surface area contributed by atoms with Gasteiger partial charge in [-0.3, -0.25) is 4.79 Å². The van der Waals surface area contributed by atoms with Gasteiger partial charge in [0.2, 0.25) is 11.8 Å². The van der Waals surface area contributed by atoms with Crippen LogP contribution in [0.5, 0.6) is 0 Å². The first-order chi connectivity index (χ1) is 8.43. The van der Waals surface area contributed by atoms with Gasteiger partial charge in [0.1, 0.15) is 5.41 Å². The Morgan fingerprint density at radius 1 is 1.67 bits per heavy atom. The zero-order valence-electron chi connectivity index (χ0n) is 10.6. The summed E-state index contributed by atoms with van der Waals surface area (Å²) in [4.78, 5) is 16.0. The molecule has 0 saturated carbocycles. The third kappa shape index (κ3) is 2.76. The molecule has 0 aliphatic carbocycles. The molecule has 1 rings (SSSR count). The van der Waals surface area contributed by atoms with Gasteiger partial charge in [-0.2, -0.15) is 4.98 Å². The average Bonchev–Trinajstić information content (AvgIpc) is 2.79. The maximum atomic E-state index is 12.0. The maximum absolute atomic E-state index is 12.0. The summed E-state index contributed by atoms with van der Waals surface area (Å²) in [6.07, 6.45) is 0.403. The van der Waals surface area contributed by atoms with Gasteiger partial charge in [0.15, 0.2) is 11.7 Å². The molecular formula is C10H17N5O3. The van der Waals surface area contributed by atoms with Crippen molar-refractivity contribution < 1.29 is 14.5 Å². The van der Waals surface area contributed by atoms with Crippen molar-refractivity contribution in [3.63, 3.8) is 0 Å². The fourth-order valence-electron chi connectivity index (χ4n) is 1.34. The van der Waals surface area contributed by atoms with Crippen LogP contribution in [0.15, 0.2) is 9.68 Å². The zero-order chi connectivity index (χ0) is 13.8. The van der Waals surface area contributed by atoms with E-state index < -0.39 is 5.41 Å². The van der Waals surface area contributed by atoms with E-state index in [9.17, 15) is 4.79 Å². The van der Waals surface area contributed by atoms with Crippen LogP contribution in [0.2, 0.25) is 0 Å². The number of hydrogen-bond donors (Lipinski definition) is 3. The normalized spacial score (nSPS) is 15.2. The maximum Gasteiger partial charge on any atom is 0.234 e. The Bertz CT molecular complexity index is 456. The first-order valence-corrected chi connectivity index (χ1v) is 5.49. The van der Waals surface area contributed by atoms with Crippen molar-refractivity contribution in [2.24, 2.45) is 16.3 Å². The molecule has 1 unspecified atom stereocenters. The minimum Gasteiger partial charge on any atom is -0.409 e. The van der Waals surface area contributed by atoms with E-state index in [2.05, 4.69) is 20.6 Å². The standard InChI is InChI=1S/C10H17N5O3/c1-4-10(3,8(11)14-17)9(16)12-5-7-13-6(2)18-15-7/h17H,4-5H2,1-3H3,(H2,11,14)(H,12,16). The highest BCUT2D eigenvalue weighted by Crippen LogP contribution is 2.21. The molecule has 18 heavy (non-hydrogen) atoms. The minimum atomic E-state index is -1.06. The Hall–Kier alpha value is -2.12. The number of nitrogens with two attached hydrogens (primary N) is 1. The SMILES string of the molecule is CCC(C)(C(=O)NCc1noc(C)n1)C(N)=NO. The molecule has 1 aromatic rings. The van der Waals surface area contributed by atoms with Gasteiger partial charge in [0.05, 0.1) is 6.54 Å². The number of nitrogens with zero attached hydrogens (tertiary/aromatic N) is 3. The highest BCUT2D eigenvalue weighted by atomic mass is 16.5. The Morgan fingerprint density at radius 2 is 2.33 bits per heavy atom. The molecule has 0 fully saturated rings. The van der Waals surface area contributed by atoms with Crippen LogP contribution in [0.1, 0.15) is 32.0 Å². The van der Waals surface area contributed by atoms with E-state index in [-0.39, 0.29) is 18.3 Å². The number of aromatic nitrogens is 2. The average molecular weight is 255 g/mol. The molecule has 1 atom stereocenters. The van der Waals surface area contributed by atoms with Gasteiger partial charge in [-0.1, -0.05) is 17.2 Å². The number of hydrogen-bond acceptors (Lipinski definition) is 6. The van der Waals surface area contributed by atoms with Crippen LogP contribution >= 0.6 is 0 Å². The van der Waals surface area contributed by atoms with Crippen LogP contribution in [-0.2, 0) is 11.3 Å². The second kappa shape index (κ2) is 5.48. The smallest absolute Gasteiger partial charge is 0.234 e. The number of aryl methyl sites for hydroxylation is 1. The minimum absolute atomic E-state index is 0.129. The van der Waals surface area contributed by atoms with Crippen LogP contribution in [0, 0.1) is 12.3 Å². The zero-order valence-corrected chi connectivity index (χ0v) is 10.6. The van der Waals surface area contributed by atoms with Crippen LogP contribution in [0.4, 0.5) is 0 Å². The molecule has 8 nitrogen and oxygen atoms in total. The molecule has 0 radical (unpaired) electrons. The van der Waals surface area contributed by atoms with Gasteiger partial charge in [-0.25, -0.2) is 0 Å². The molecule has 0 aliphatic rings. The predicted molar refractivity (Wildman–Crippen MR) is 62.7 cm³/mol. The number of nitrogens with one attached hydrogen (secondary N) is 1. The van der Waals surface area contributed by atoms with Crippen molar-refractivity contribution in [1.82, 2.24) is 15.5 Å². The van der Waals surface area contributed by atoms with E-state index in [1.807, 2.05) is 0 Å². The van der Waals surface area contributed by atoms with Gasteiger partial charge in [0, 0.05) is 6.92 Å². The van der Waals surface area contributed by atoms with Crippen LogP contribution in [0.3, 0.4) is 0 Å². The van der Waals surface area contributed by atoms with Crippen molar-refractivity contribution in [1.29, 1.82) is 0 Å². The molecule has 0 aromatic carbocycles. The fourth-order valence-corrected chi connectivity index (χ4v) is 1.34. The quantitative estimate of drug-likeness (QED) is 0.297. The summed E-state index contributed by atoms with van der Waals surface area (Å²) in [7, 11) is 0. The molecule has 0 aliphatic heterocycles. The molecular weight excluding hydrogens is 238 g/mol. The number of carbonyl (C=O) groups excluding carboxylic acids is 1. The highest BCUT2D eigenvalue weighted by Gasteiger charge is 2.36. The van der Waals surface area contributed by atoms with Crippen molar-refractivity contribution in [3.05, 3.63) is 11.7 Å². The molecule has 0 spiro atoms. The summed E-state index contributed by atoms with van der Waals surface area (Å²) in [5.41, 5.74) is 4.46. The Balaban J connectivity index is 2.69. The van der Waals surface area contributed by atoms with E-state index in [0.717, 1.165) is 0 Å². The Kier molecular flexibility index (Phi) is 4.24. The second-order valence-corrected chi connectivity index (χ2v) is 4.08.